The van der Waals surface area contributed by atoms with Crippen molar-refractivity contribution < 1.29 is 4.74 Å². The monoisotopic (exact) mass is 395 g/mol. The molecule has 1 fully saturated rings. The van der Waals surface area contributed by atoms with Crippen LogP contribution < -0.4 is 10.6 Å². The van der Waals surface area contributed by atoms with Gasteiger partial charge < -0.3 is 15.4 Å². The first-order valence-corrected chi connectivity index (χ1v) is 8.56. The number of nitrogens with zero attached hydrogens (tertiary/aromatic N) is 4. The van der Waals surface area contributed by atoms with Crippen molar-refractivity contribution in [2.24, 2.45) is 16.1 Å². The summed E-state index contributed by atoms with van der Waals surface area (Å²) in [5.74, 6) is 2.29. The SMILES string of the molecule is C=N/N=C(\OCCC1CC1)C(C)Nc1ncnc(NC)c1C(=N)Br. The number of rotatable bonds is 9. The third kappa shape index (κ3) is 4.98. The molecule has 0 saturated heterocycles. The summed E-state index contributed by atoms with van der Waals surface area (Å²) in [6.45, 7) is 5.90. The zero-order valence-corrected chi connectivity index (χ0v) is 15.4. The van der Waals surface area contributed by atoms with Gasteiger partial charge >= 0.3 is 0 Å². The molecule has 0 amide bonds. The molecule has 9 heteroatoms. The van der Waals surface area contributed by atoms with Gasteiger partial charge in [0.15, 0.2) is 0 Å². The van der Waals surface area contributed by atoms with Crippen LogP contribution in [-0.2, 0) is 4.74 Å². The second-order valence-electron chi connectivity index (χ2n) is 5.54. The Labute approximate surface area is 149 Å². The van der Waals surface area contributed by atoms with E-state index in [1.165, 1.54) is 19.2 Å². The van der Waals surface area contributed by atoms with Crippen molar-refractivity contribution in [2.75, 3.05) is 24.3 Å². The van der Waals surface area contributed by atoms with Gasteiger partial charge in [0.1, 0.15) is 28.6 Å². The second-order valence-corrected chi connectivity index (χ2v) is 6.33. The number of nitrogens with one attached hydrogen (secondary N) is 3. The van der Waals surface area contributed by atoms with Gasteiger partial charge in [0.05, 0.1) is 12.2 Å². The van der Waals surface area contributed by atoms with Gasteiger partial charge in [0, 0.05) is 13.8 Å². The van der Waals surface area contributed by atoms with Crippen molar-refractivity contribution in [3.05, 3.63) is 11.9 Å². The number of anilines is 2. The summed E-state index contributed by atoms with van der Waals surface area (Å²) in [5, 5.41) is 21.6. The fourth-order valence-corrected chi connectivity index (χ4v) is 2.58. The molecular weight excluding hydrogens is 374 g/mol. The molecule has 1 unspecified atom stereocenters. The zero-order chi connectivity index (χ0) is 17.5. The molecule has 2 rings (SSSR count). The van der Waals surface area contributed by atoms with Crippen LogP contribution in [0, 0.1) is 11.3 Å². The Kier molecular flexibility index (Phi) is 6.65. The normalized spacial score (nSPS) is 15.5. The number of ether oxygens (including phenoxy) is 1. The smallest absolute Gasteiger partial charge is 0.231 e. The molecule has 1 aromatic heterocycles. The van der Waals surface area contributed by atoms with Crippen LogP contribution in [0.5, 0.6) is 0 Å². The number of halogens is 1. The van der Waals surface area contributed by atoms with E-state index < -0.39 is 0 Å². The zero-order valence-electron chi connectivity index (χ0n) is 13.8. The maximum Gasteiger partial charge on any atom is 0.231 e. The van der Waals surface area contributed by atoms with Gasteiger partial charge in [-0.2, -0.15) is 5.10 Å². The molecular formula is C15H22BrN7O. The van der Waals surface area contributed by atoms with E-state index in [1.54, 1.807) is 7.05 Å². The maximum absolute atomic E-state index is 7.88. The molecule has 3 N–H and O–H groups in total. The Morgan fingerprint density at radius 2 is 2.21 bits per heavy atom. The van der Waals surface area contributed by atoms with Crippen LogP contribution >= 0.6 is 15.9 Å². The third-order valence-electron chi connectivity index (χ3n) is 3.67. The van der Waals surface area contributed by atoms with Crippen molar-refractivity contribution in [2.45, 2.75) is 32.2 Å². The highest BCUT2D eigenvalue weighted by Gasteiger charge is 2.23. The Morgan fingerprint density at radius 1 is 1.50 bits per heavy atom. The van der Waals surface area contributed by atoms with Crippen LogP contribution in [0.1, 0.15) is 31.7 Å². The maximum atomic E-state index is 7.88. The first-order chi connectivity index (χ1) is 11.6. The third-order valence-corrected chi connectivity index (χ3v) is 4.07. The van der Waals surface area contributed by atoms with Crippen molar-refractivity contribution in [1.29, 1.82) is 5.41 Å². The highest BCUT2D eigenvalue weighted by atomic mass is 79.9. The average Bonchev–Trinajstić information content (AvgIpc) is 3.37. The molecule has 1 saturated carbocycles. The number of hydrogen-bond donors (Lipinski definition) is 3. The minimum Gasteiger partial charge on any atom is -0.478 e. The fourth-order valence-electron chi connectivity index (χ4n) is 2.21. The lowest BCUT2D eigenvalue weighted by molar-refractivity contribution is 0.279. The lowest BCUT2D eigenvalue weighted by Crippen LogP contribution is -2.30. The summed E-state index contributed by atoms with van der Waals surface area (Å²) in [5.41, 5.74) is 0.538. The van der Waals surface area contributed by atoms with Gasteiger partial charge in [-0.15, -0.1) is 5.10 Å². The van der Waals surface area contributed by atoms with E-state index >= 15 is 0 Å². The van der Waals surface area contributed by atoms with E-state index in [0.717, 1.165) is 12.3 Å². The highest BCUT2D eigenvalue weighted by molar-refractivity contribution is 9.18. The molecule has 1 atom stereocenters. The molecule has 0 aromatic carbocycles. The lowest BCUT2D eigenvalue weighted by Gasteiger charge is -2.19. The molecule has 0 bridgehead atoms. The van der Waals surface area contributed by atoms with Crippen LogP contribution in [0.15, 0.2) is 16.5 Å². The van der Waals surface area contributed by atoms with Gasteiger partial charge in [-0.05, 0) is 35.2 Å². The predicted molar refractivity (Wildman–Crippen MR) is 101 cm³/mol. The van der Waals surface area contributed by atoms with E-state index in [4.69, 9.17) is 10.1 Å². The van der Waals surface area contributed by atoms with E-state index in [1.807, 2.05) is 6.92 Å². The number of aromatic nitrogens is 2. The standard InChI is InChI=1S/C15H22BrN7O/c1-9(15(23-19-3)24-7-6-10-4-5-10)22-14-11(12(16)17)13(18-2)20-8-21-14/h8-10,17H,3-7H2,1-2H3,(H2,18,20,21,22)/b17-12?,23-15-. The topological polar surface area (TPSA) is 108 Å². The Balaban J connectivity index is 2.10. The van der Waals surface area contributed by atoms with Crippen LogP contribution in [0.25, 0.3) is 0 Å². The summed E-state index contributed by atoms with van der Waals surface area (Å²) < 4.78 is 5.93. The highest BCUT2D eigenvalue weighted by Crippen LogP contribution is 2.32. The van der Waals surface area contributed by atoms with Crippen molar-refractivity contribution in [1.82, 2.24) is 9.97 Å². The molecule has 0 spiro atoms. The van der Waals surface area contributed by atoms with Crippen LogP contribution in [0.2, 0.25) is 0 Å². The molecule has 1 aromatic rings. The van der Waals surface area contributed by atoms with Crippen LogP contribution in [-0.4, -0.2) is 46.9 Å². The molecule has 1 aliphatic carbocycles. The number of hydrogen-bond acceptors (Lipinski definition) is 8. The Hall–Kier alpha value is -2.03. The molecule has 0 radical (unpaired) electrons. The average molecular weight is 396 g/mol. The van der Waals surface area contributed by atoms with Crippen LogP contribution in [0.4, 0.5) is 11.6 Å². The van der Waals surface area contributed by atoms with Crippen LogP contribution in [0.3, 0.4) is 0 Å². The summed E-state index contributed by atoms with van der Waals surface area (Å²) in [6.07, 6.45) is 5.02. The molecule has 130 valence electrons. The first-order valence-electron chi connectivity index (χ1n) is 7.76. The van der Waals surface area contributed by atoms with Crippen molar-refractivity contribution >= 4 is 44.8 Å². The summed E-state index contributed by atoms with van der Waals surface area (Å²) >= 11 is 3.18. The Morgan fingerprint density at radius 3 is 2.79 bits per heavy atom. The largest absolute Gasteiger partial charge is 0.478 e. The fraction of sp³-hybridized carbons (Fsp3) is 0.533. The minimum atomic E-state index is -0.278. The van der Waals surface area contributed by atoms with Gasteiger partial charge in [-0.3, -0.25) is 5.41 Å². The molecule has 1 heterocycles. The Bertz CT molecular complexity index is 630. The first kappa shape index (κ1) is 18.3. The van der Waals surface area contributed by atoms with E-state index in [0.29, 0.717) is 29.7 Å². The van der Waals surface area contributed by atoms with Gasteiger partial charge in [-0.25, -0.2) is 9.97 Å². The summed E-state index contributed by atoms with van der Waals surface area (Å²) in [7, 11) is 1.74. The molecule has 1 aliphatic rings. The van der Waals surface area contributed by atoms with E-state index in [2.05, 4.69) is 53.5 Å². The van der Waals surface area contributed by atoms with E-state index in [-0.39, 0.29) is 10.7 Å². The predicted octanol–water partition coefficient (Wildman–Crippen LogP) is 2.87. The quantitative estimate of drug-likeness (QED) is 0.338. The van der Waals surface area contributed by atoms with Crippen molar-refractivity contribution in [3.8, 4) is 0 Å². The molecule has 0 aliphatic heterocycles. The van der Waals surface area contributed by atoms with E-state index in [9.17, 15) is 0 Å². The summed E-state index contributed by atoms with van der Waals surface area (Å²) in [4.78, 5) is 8.34. The van der Waals surface area contributed by atoms with Gasteiger partial charge in [0.25, 0.3) is 0 Å². The molecule has 24 heavy (non-hydrogen) atoms. The lowest BCUT2D eigenvalue weighted by atomic mass is 10.2. The van der Waals surface area contributed by atoms with Crippen molar-refractivity contribution in [3.63, 3.8) is 0 Å². The van der Waals surface area contributed by atoms with Gasteiger partial charge in [0.2, 0.25) is 5.90 Å². The summed E-state index contributed by atoms with van der Waals surface area (Å²) in [6, 6.07) is -0.278. The second kappa shape index (κ2) is 8.72. The molecule has 8 nitrogen and oxygen atoms in total. The van der Waals surface area contributed by atoms with Gasteiger partial charge in [-0.1, -0.05) is 12.8 Å². The minimum absolute atomic E-state index is 0.178.